The van der Waals surface area contributed by atoms with Gasteiger partial charge in [-0.3, -0.25) is 0 Å². The zero-order valence-electron chi connectivity index (χ0n) is 11.5. The summed E-state index contributed by atoms with van der Waals surface area (Å²) in [7, 11) is 0.703. The number of allylic oxidation sites excluding steroid dienone is 4. The molecule has 0 spiro atoms. The van der Waals surface area contributed by atoms with Crippen LogP contribution in [0.1, 0.15) is 18.9 Å². The van der Waals surface area contributed by atoms with Crippen molar-refractivity contribution in [3.05, 3.63) is 53.8 Å². The summed E-state index contributed by atoms with van der Waals surface area (Å²) in [5.74, 6) is 0.550. The second-order valence-corrected chi connectivity index (χ2v) is 5.13. The summed E-state index contributed by atoms with van der Waals surface area (Å²) in [6.45, 7) is 3.06. The van der Waals surface area contributed by atoms with E-state index >= 15 is 0 Å². The smallest absolute Gasteiger partial charge is 0.423 e. The quantitative estimate of drug-likeness (QED) is 0.798. The third kappa shape index (κ3) is 3.49. The first kappa shape index (κ1) is 13.9. The van der Waals surface area contributed by atoms with Crippen LogP contribution in [0.5, 0.6) is 0 Å². The Morgan fingerprint density at radius 1 is 1.26 bits per heavy atom. The van der Waals surface area contributed by atoms with E-state index in [2.05, 4.69) is 37.1 Å². The molecule has 0 aliphatic heterocycles. The maximum atomic E-state index is 9.06. The van der Waals surface area contributed by atoms with Gasteiger partial charge in [0.15, 0.2) is 0 Å². The molecular formula is C15H20BNO2. The molecule has 0 saturated carbocycles. The summed E-state index contributed by atoms with van der Waals surface area (Å²) in [6.07, 6.45) is 7.56. The van der Waals surface area contributed by atoms with E-state index in [0.29, 0.717) is 11.4 Å². The van der Waals surface area contributed by atoms with E-state index in [4.69, 9.17) is 10.0 Å². The van der Waals surface area contributed by atoms with Gasteiger partial charge in [-0.25, -0.2) is 0 Å². The lowest BCUT2D eigenvalue weighted by molar-refractivity contribution is 0.357. The summed E-state index contributed by atoms with van der Waals surface area (Å²) >= 11 is 0. The van der Waals surface area contributed by atoms with Gasteiger partial charge in [0.2, 0.25) is 0 Å². The van der Waals surface area contributed by atoms with E-state index in [0.717, 1.165) is 18.5 Å². The molecule has 1 aliphatic rings. The van der Waals surface area contributed by atoms with E-state index in [1.54, 1.807) is 12.1 Å². The van der Waals surface area contributed by atoms with Gasteiger partial charge in [0, 0.05) is 19.3 Å². The van der Waals surface area contributed by atoms with Crippen LogP contribution in [0.2, 0.25) is 0 Å². The number of rotatable bonds is 4. The summed E-state index contributed by atoms with van der Waals surface area (Å²) in [5.41, 5.74) is 3.03. The monoisotopic (exact) mass is 257 g/mol. The van der Waals surface area contributed by atoms with Gasteiger partial charge in [-0.1, -0.05) is 43.3 Å². The number of hydrogen-bond acceptors (Lipinski definition) is 3. The SMILES string of the molecule is CC1CC=CC=C1N(C)Cc1ccc(B(O)O)cc1. The molecule has 1 aliphatic carbocycles. The standard InChI is InChI=1S/C15H20BNO2/c1-12-5-3-4-6-15(12)17(2)11-13-7-9-14(10-8-13)16(18)19/h3-4,6-10,12,18-19H,5,11H2,1-2H3. The fraction of sp³-hybridized carbons (Fsp3) is 0.333. The van der Waals surface area contributed by atoms with Gasteiger partial charge in [-0.2, -0.15) is 0 Å². The summed E-state index contributed by atoms with van der Waals surface area (Å²) in [4.78, 5) is 2.25. The van der Waals surface area contributed by atoms with Gasteiger partial charge in [0.05, 0.1) is 0 Å². The Kier molecular flexibility index (Phi) is 4.45. The van der Waals surface area contributed by atoms with Gasteiger partial charge >= 0.3 is 7.12 Å². The molecule has 0 fully saturated rings. The highest BCUT2D eigenvalue weighted by Gasteiger charge is 2.15. The molecule has 0 bridgehead atoms. The zero-order valence-corrected chi connectivity index (χ0v) is 11.5. The van der Waals surface area contributed by atoms with E-state index in [9.17, 15) is 0 Å². The fourth-order valence-electron chi connectivity index (χ4n) is 2.40. The van der Waals surface area contributed by atoms with Crippen molar-refractivity contribution in [2.45, 2.75) is 19.9 Å². The number of benzene rings is 1. The fourth-order valence-corrected chi connectivity index (χ4v) is 2.40. The van der Waals surface area contributed by atoms with Crippen molar-refractivity contribution in [1.82, 2.24) is 4.90 Å². The number of hydrogen-bond donors (Lipinski definition) is 2. The minimum Gasteiger partial charge on any atom is -0.423 e. The van der Waals surface area contributed by atoms with Gasteiger partial charge in [0.25, 0.3) is 0 Å². The van der Waals surface area contributed by atoms with Gasteiger partial charge in [-0.05, 0) is 29.4 Å². The van der Waals surface area contributed by atoms with Crippen molar-refractivity contribution >= 4 is 12.6 Å². The molecular weight excluding hydrogens is 237 g/mol. The van der Waals surface area contributed by atoms with Crippen LogP contribution in [0.3, 0.4) is 0 Å². The average Bonchev–Trinajstić information content (AvgIpc) is 2.39. The third-order valence-electron chi connectivity index (χ3n) is 3.54. The maximum Gasteiger partial charge on any atom is 0.488 e. The molecule has 100 valence electrons. The Hall–Kier alpha value is -1.52. The minimum absolute atomic E-state index is 0.527. The molecule has 1 aromatic carbocycles. The molecule has 0 saturated heterocycles. The molecule has 3 nitrogen and oxygen atoms in total. The molecule has 1 atom stereocenters. The van der Waals surface area contributed by atoms with Crippen molar-refractivity contribution in [3.8, 4) is 0 Å². The first-order valence-corrected chi connectivity index (χ1v) is 6.60. The van der Waals surface area contributed by atoms with Gasteiger partial charge < -0.3 is 14.9 Å². The van der Waals surface area contributed by atoms with Crippen LogP contribution in [0, 0.1) is 5.92 Å². The molecule has 19 heavy (non-hydrogen) atoms. The van der Waals surface area contributed by atoms with E-state index < -0.39 is 7.12 Å². The highest BCUT2D eigenvalue weighted by atomic mass is 16.4. The molecule has 0 amide bonds. The lowest BCUT2D eigenvalue weighted by Gasteiger charge is -2.28. The zero-order chi connectivity index (χ0) is 13.8. The van der Waals surface area contributed by atoms with E-state index in [1.807, 2.05) is 12.1 Å². The van der Waals surface area contributed by atoms with Gasteiger partial charge in [-0.15, -0.1) is 0 Å². The van der Waals surface area contributed by atoms with Crippen LogP contribution in [0.15, 0.2) is 48.2 Å². The molecule has 2 N–H and O–H groups in total. The summed E-state index contributed by atoms with van der Waals surface area (Å²) in [6, 6.07) is 7.39. The predicted octanol–water partition coefficient (Wildman–Crippen LogP) is 1.28. The third-order valence-corrected chi connectivity index (χ3v) is 3.54. The first-order chi connectivity index (χ1) is 9.08. The Balaban J connectivity index is 2.04. The first-order valence-electron chi connectivity index (χ1n) is 6.60. The Morgan fingerprint density at radius 2 is 1.95 bits per heavy atom. The minimum atomic E-state index is -1.39. The van der Waals surface area contributed by atoms with Crippen LogP contribution >= 0.6 is 0 Å². The molecule has 2 rings (SSSR count). The summed E-state index contributed by atoms with van der Waals surface area (Å²) < 4.78 is 0. The van der Waals surface area contributed by atoms with Crippen LogP contribution in [-0.2, 0) is 6.54 Å². The largest absolute Gasteiger partial charge is 0.488 e. The number of nitrogens with zero attached hydrogens (tertiary/aromatic N) is 1. The predicted molar refractivity (Wildman–Crippen MR) is 78.7 cm³/mol. The van der Waals surface area contributed by atoms with Crippen molar-refractivity contribution in [2.24, 2.45) is 5.92 Å². The van der Waals surface area contributed by atoms with Crippen molar-refractivity contribution < 1.29 is 10.0 Å². The van der Waals surface area contributed by atoms with Crippen LogP contribution in [0.25, 0.3) is 0 Å². The van der Waals surface area contributed by atoms with Crippen LogP contribution < -0.4 is 5.46 Å². The van der Waals surface area contributed by atoms with Crippen molar-refractivity contribution in [2.75, 3.05) is 7.05 Å². The molecule has 1 unspecified atom stereocenters. The topological polar surface area (TPSA) is 43.7 Å². The van der Waals surface area contributed by atoms with Crippen molar-refractivity contribution in [3.63, 3.8) is 0 Å². The summed E-state index contributed by atoms with van der Waals surface area (Å²) in [5, 5.41) is 18.1. The van der Waals surface area contributed by atoms with E-state index in [-0.39, 0.29) is 0 Å². The lowest BCUT2D eigenvalue weighted by atomic mass is 9.80. The highest BCUT2D eigenvalue weighted by Crippen LogP contribution is 2.23. The Bertz CT molecular complexity index is 479. The molecule has 0 radical (unpaired) electrons. The maximum absolute atomic E-state index is 9.06. The van der Waals surface area contributed by atoms with Crippen LogP contribution in [0.4, 0.5) is 0 Å². The van der Waals surface area contributed by atoms with Gasteiger partial charge in [0.1, 0.15) is 0 Å². The molecule has 0 aromatic heterocycles. The highest BCUT2D eigenvalue weighted by molar-refractivity contribution is 6.58. The lowest BCUT2D eigenvalue weighted by Crippen LogP contribution is -2.29. The molecule has 4 heteroatoms. The van der Waals surface area contributed by atoms with Crippen LogP contribution in [-0.4, -0.2) is 29.1 Å². The van der Waals surface area contributed by atoms with Crippen molar-refractivity contribution in [1.29, 1.82) is 0 Å². The second-order valence-electron chi connectivity index (χ2n) is 5.13. The normalized spacial score (nSPS) is 18.1. The van der Waals surface area contributed by atoms with E-state index in [1.165, 1.54) is 5.70 Å². The average molecular weight is 257 g/mol. The molecule has 1 aromatic rings. The Labute approximate surface area is 115 Å². The molecule has 0 heterocycles. The Morgan fingerprint density at radius 3 is 2.53 bits per heavy atom. The second kappa shape index (κ2) is 6.09.